The van der Waals surface area contributed by atoms with Gasteiger partial charge in [0.15, 0.2) is 0 Å². The summed E-state index contributed by atoms with van der Waals surface area (Å²) in [4.78, 5) is 21.9. The molecule has 2 aromatic rings. The van der Waals surface area contributed by atoms with Crippen LogP contribution in [0.5, 0.6) is 0 Å². The van der Waals surface area contributed by atoms with Crippen LogP contribution in [0.25, 0.3) is 0 Å². The van der Waals surface area contributed by atoms with Crippen LogP contribution in [0.3, 0.4) is 0 Å². The van der Waals surface area contributed by atoms with E-state index in [-0.39, 0.29) is 11.6 Å². The first-order chi connectivity index (χ1) is 10.9. The second kappa shape index (κ2) is 7.66. The van der Waals surface area contributed by atoms with E-state index in [4.69, 9.17) is 0 Å². The maximum atomic E-state index is 11.6. The van der Waals surface area contributed by atoms with Crippen LogP contribution in [0.4, 0.5) is 0 Å². The van der Waals surface area contributed by atoms with Crippen LogP contribution in [-0.2, 0) is 23.8 Å². The molecule has 0 fully saturated rings. The molecule has 0 unspecified atom stereocenters. The van der Waals surface area contributed by atoms with E-state index < -0.39 is 10.8 Å². The molecule has 1 N–H and O–H groups in total. The van der Waals surface area contributed by atoms with Gasteiger partial charge in [-0.3, -0.25) is 13.9 Å². The van der Waals surface area contributed by atoms with Crippen LogP contribution in [0.2, 0.25) is 0 Å². The highest BCUT2D eigenvalue weighted by Gasteiger charge is 2.14. The van der Waals surface area contributed by atoms with Crippen molar-refractivity contribution < 1.29 is 4.21 Å². The van der Waals surface area contributed by atoms with E-state index in [1.807, 2.05) is 38.2 Å². The topological polar surface area (TPSA) is 66.1 Å². The lowest BCUT2D eigenvalue weighted by atomic mass is 10.1. The van der Waals surface area contributed by atoms with Crippen LogP contribution in [-0.4, -0.2) is 32.4 Å². The average Bonchev–Trinajstić information content (AvgIpc) is 2.53. The molecule has 23 heavy (non-hydrogen) atoms. The first-order valence-electron chi connectivity index (χ1n) is 7.63. The van der Waals surface area contributed by atoms with E-state index in [0.29, 0.717) is 12.4 Å². The van der Waals surface area contributed by atoms with Gasteiger partial charge < -0.3 is 4.98 Å². The molecule has 6 heteroatoms. The van der Waals surface area contributed by atoms with Crippen LogP contribution in [0.1, 0.15) is 37.0 Å². The summed E-state index contributed by atoms with van der Waals surface area (Å²) in [6.07, 6.45) is 2.42. The molecule has 1 heterocycles. The highest BCUT2D eigenvalue weighted by Crippen LogP contribution is 2.21. The summed E-state index contributed by atoms with van der Waals surface area (Å²) in [5.41, 5.74) is 1.83. The highest BCUT2D eigenvalue weighted by atomic mass is 32.2. The Morgan fingerprint density at radius 3 is 2.52 bits per heavy atom. The van der Waals surface area contributed by atoms with Crippen molar-refractivity contribution in [1.29, 1.82) is 0 Å². The fourth-order valence-electron chi connectivity index (χ4n) is 2.38. The van der Waals surface area contributed by atoms with Crippen molar-refractivity contribution in [2.45, 2.75) is 37.8 Å². The second-order valence-electron chi connectivity index (χ2n) is 5.65. The monoisotopic (exact) mass is 333 g/mol. The van der Waals surface area contributed by atoms with Gasteiger partial charge in [-0.25, -0.2) is 4.98 Å². The zero-order chi connectivity index (χ0) is 17.0. The molecule has 124 valence electrons. The first kappa shape index (κ1) is 17.6. The molecule has 0 spiro atoms. The Morgan fingerprint density at radius 2 is 1.96 bits per heavy atom. The normalized spacial score (nSPS) is 14.0. The SMILES string of the molecule is CCc1cc(=O)[nH]c(CN(C)[C@@H](C)c2ccc([S@](C)=O)cc2)n1. The van der Waals surface area contributed by atoms with Crippen molar-refractivity contribution in [2.75, 3.05) is 13.3 Å². The van der Waals surface area contributed by atoms with Crippen molar-refractivity contribution in [1.82, 2.24) is 14.9 Å². The van der Waals surface area contributed by atoms with Crippen molar-refractivity contribution >= 4 is 10.8 Å². The zero-order valence-electron chi connectivity index (χ0n) is 14.0. The quantitative estimate of drug-likeness (QED) is 0.880. The molecule has 0 radical (unpaired) electrons. The predicted octanol–water partition coefficient (Wildman–Crippen LogP) is 2.26. The number of rotatable bonds is 6. The van der Waals surface area contributed by atoms with Crippen molar-refractivity contribution in [3.63, 3.8) is 0 Å². The van der Waals surface area contributed by atoms with Gasteiger partial charge in [0.05, 0.1) is 6.54 Å². The van der Waals surface area contributed by atoms with E-state index in [9.17, 15) is 9.00 Å². The fraction of sp³-hybridized carbons (Fsp3) is 0.412. The molecular formula is C17H23N3O2S. The summed E-state index contributed by atoms with van der Waals surface area (Å²) in [6.45, 7) is 4.64. The lowest BCUT2D eigenvalue weighted by Gasteiger charge is -2.24. The number of nitrogens with zero attached hydrogens (tertiary/aromatic N) is 2. The van der Waals surface area contributed by atoms with Gasteiger partial charge in [-0.05, 0) is 38.1 Å². The summed E-state index contributed by atoms with van der Waals surface area (Å²) in [6, 6.07) is 9.48. The van der Waals surface area contributed by atoms with Crippen LogP contribution < -0.4 is 5.56 Å². The zero-order valence-corrected chi connectivity index (χ0v) is 14.8. The number of H-pyrrole nitrogens is 1. The first-order valence-corrected chi connectivity index (χ1v) is 9.19. The fourth-order valence-corrected chi connectivity index (χ4v) is 2.90. The number of aryl methyl sites for hydroxylation is 1. The Hall–Kier alpha value is -1.79. The van der Waals surface area contributed by atoms with Crippen LogP contribution >= 0.6 is 0 Å². The third-order valence-corrected chi connectivity index (χ3v) is 4.90. The summed E-state index contributed by atoms with van der Waals surface area (Å²) in [5.74, 6) is 0.676. The lowest BCUT2D eigenvalue weighted by Crippen LogP contribution is -2.25. The molecule has 1 aromatic carbocycles. The van der Waals surface area contributed by atoms with E-state index in [1.165, 1.54) is 6.07 Å². The number of aromatic amines is 1. The molecule has 1 aromatic heterocycles. The number of benzene rings is 1. The molecule has 2 rings (SSSR count). The molecule has 0 aliphatic rings. The van der Waals surface area contributed by atoms with Gasteiger partial charge in [-0.2, -0.15) is 0 Å². The maximum absolute atomic E-state index is 11.6. The molecular weight excluding hydrogens is 310 g/mol. The van der Waals surface area contributed by atoms with Gasteiger partial charge in [0.2, 0.25) is 0 Å². The van der Waals surface area contributed by atoms with Gasteiger partial charge >= 0.3 is 0 Å². The van der Waals surface area contributed by atoms with E-state index >= 15 is 0 Å². The predicted molar refractivity (Wildman–Crippen MR) is 92.9 cm³/mol. The molecule has 0 saturated heterocycles. The standard InChI is InChI=1S/C17H23N3O2S/c1-5-14-10-17(21)19-16(18-14)11-20(3)12(2)13-6-8-15(9-7-13)23(4)22/h6-10,12H,5,11H2,1-4H3,(H,18,19,21)/t12-,23-/m0/s1. The van der Waals surface area contributed by atoms with E-state index in [0.717, 1.165) is 22.6 Å². The summed E-state index contributed by atoms with van der Waals surface area (Å²) >= 11 is 0. The molecule has 0 aliphatic heterocycles. The number of nitrogens with one attached hydrogen (secondary N) is 1. The molecule has 0 amide bonds. The molecule has 0 aliphatic carbocycles. The Morgan fingerprint density at radius 1 is 1.30 bits per heavy atom. The highest BCUT2D eigenvalue weighted by molar-refractivity contribution is 7.84. The summed E-state index contributed by atoms with van der Waals surface area (Å²) in [7, 11) is 1.03. The molecule has 5 nitrogen and oxygen atoms in total. The van der Waals surface area contributed by atoms with Gasteiger partial charge in [-0.15, -0.1) is 0 Å². The van der Waals surface area contributed by atoms with E-state index in [2.05, 4.69) is 21.8 Å². The minimum Gasteiger partial charge on any atom is -0.309 e. The van der Waals surface area contributed by atoms with Gasteiger partial charge in [-0.1, -0.05) is 19.1 Å². The minimum atomic E-state index is -0.962. The van der Waals surface area contributed by atoms with Crippen LogP contribution in [0.15, 0.2) is 40.0 Å². The third-order valence-electron chi connectivity index (χ3n) is 3.96. The Labute approximate surface area is 139 Å². The largest absolute Gasteiger partial charge is 0.309 e. The van der Waals surface area contributed by atoms with Gasteiger partial charge in [0.25, 0.3) is 5.56 Å². The third kappa shape index (κ3) is 4.59. The van der Waals surface area contributed by atoms with Gasteiger partial charge in [0, 0.05) is 39.8 Å². The van der Waals surface area contributed by atoms with Crippen LogP contribution in [0, 0.1) is 0 Å². The number of aromatic nitrogens is 2. The summed E-state index contributed by atoms with van der Waals surface area (Å²) in [5, 5.41) is 0. The number of hydrogen-bond acceptors (Lipinski definition) is 4. The van der Waals surface area contributed by atoms with E-state index in [1.54, 1.807) is 6.26 Å². The maximum Gasteiger partial charge on any atom is 0.251 e. The smallest absolute Gasteiger partial charge is 0.251 e. The summed E-state index contributed by atoms with van der Waals surface area (Å²) < 4.78 is 11.5. The second-order valence-corrected chi connectivity index (χ2v) is 7.03. The Balaban J connectivity index is 2.13. The Kier molecular flexibility index (Phi) is 5.85. The number of hydrogen-bond donors (Lipinski definition) is 1. The lowest BCUT2D eigenvalue weighted by molar-refractivity contribution is 0.246. The Bertz CT molecular complexity index is 740. The average molecular weight is 333 g/mol. The molecule has 0 saturated carbocycles. The molecule has 0 bridgehead atoms. The van der Waals surface area contributed by atoms with Crippen molar-refractivity contribution in [3.05, 3.63) is 57.8 Å². The van der Waals surface area contributed by atoms with Crippen molar-refractivity contribution in [2.24, 2.45) is 0 Å². The van der Waals surface area contributed by atoms with Crippen molar-refractivity contribution in [3.8, 4) is 0 Å². The van der Waals surface area contributed by atoms with Gasteiger partial charge in [0.1, 0.15) is 5.82 Å². The molecule has 2 atom stereocenters. The minimum absolute atomic E-state index is 0.109.